The van der Waals surface area contributed by atoms with Crippen molar-refractivity contribution in [3.05, 3.63) is 41.9 Å². The molecular weight excluding hydrogens is 194 g/mol. The van der Waals surface area contributed by atoms with E-state index in [-0.39, 0.29) is 5.69 Å². The van der Waals surface area contributed by atoms with Crippen LogP contribution in [-0.2, 0) is 0 Å². The van der Waals surface area contributed by atoms with Gasteiger partial charge in [0, 0.05) is 6.20 Å². The summed E-state index contributed by atoms with van der Waals surface area (Å²) in [4.78, 5) is 14.7. The summed E-state index contributed by atoms with van der Waals surface area (Å²) in [5, 5.41) is 12.8. The quantitative estimate of drug-likeness (QED) is 0.798. The minimum absolute atomic E-state index is 0.0145. The Labute approximate surface area is 86.0 Å². The van der Waals surface area contributed by atoms with E-state index in [1.54, 1.807) is 29.2 Å². The lowest BCUT2D eigenvalue weighted by molar-refractivity contribution is 0.0690. The summed E-state index contributed by atoms with van der Waals surface area (Å²) in [6.07, 6.45) is 3.48. The normalized spacial score (nSPS) is 10.2. The van der Waals surface area contributed by atoms with E-state index in [0.29, 0.717) is 5.82 Å². The molecule has 0 radical (unpaired) electrons. The summed E-state index contributed by atoms with van der Waals surface area (Å²) < 4.78 is 1.54. The van der Waals surface area contributed by atoms with Gasteiger partial charge in [-0.15, -0.1) is 0 Å². The molecule has 1 N–H and O–H groups in total. The summed E-state index contributed by atoms with van der Waals surface area (Å²) in [6, 6.07) is 4.80. The van der Waals surface area contributed by atoms with Crippen molar-refractivity contribution in [2.24, 2.45) is 0 Å². The highest BCUT2D eigenvalue weighted by molar-refractivity contribution is 5.85. The molecule has 15 heavy (non-hydrogen) atoms. The molecule has 76 valence electrons. The van der Waals surface area contributed by atoms with E-state index in [1.807, 2.05) is 6.92 Å². The van der Waals surface area contributed by atoms with Crippen LogP contribution in [0.3, 0.4) is 0 Å². The summed E-state index contributed by atoms with van der Waals surface area (Å²) in [7, 11) is 0. The number of aromatic carboxylic acids is 1. The number of hydrogen-bond acceptors (Lipinski definition) is 3. The minimum atomic E-state index is -1.04. The summed E-state index contributed by atoms with van der Waals surface area (Å²) in [5.74, 6) is -0.538. The molecule has 0 atom stereocenters. The van der Waals surface area contributed by atoms with E-state index in [2.05, 4.69) is 10.1 Å². The first-order valence-electron chi connectivity index (χ1n) is 4.39. The molecule has 2 heterocycles. The van der Waals surface area contributed by atoms with E-state index < -0.39 is 5.97 Å². The minimum Gasteiger partial charge on any atom is -0.477 e. The van der Waals surface area contributed by atoms with Gasteiger partial charge >= 0.3 is 5.97 Å². The molecule has 5 heteroatoms. The SMILES string of the molecule is Cc1cnn(-c2cccc(C(=O)O)n2)c1. The Balaban J connectivity index is 2.45. The number of aryl methyl sites for hydroxylation is 1. The van der Waals surface area contributed by atoms with E-state index in [4.69, 9.17) is 5.11 Å². The van der Waals surface area contributed by atoms with Crippen LogP contribution in [0.1, 0.15) is 16.1 Å². The van der Waals surface area contributed by atoms with Crippen molar-refractivity contribution in [3.63, 3.8) is 0 Å². The number of carboxylic acid groups (broad SMARTS) is 1. The van der Waals surface area contributed by atoms with Crippen LogP contribution >= 0.6 is 0 Å². The van der Waals surface area contributed by atoms with Crippen LogP contribution in [-0.4, -0.2) is 25.8 Å². The van der Waals surface area contributed by atoms with Crippen molar-refractivity contribution in [1.29, 1.82) is 0 Å². The number of carbonyl (C=O) groups is 1. The molecule has 0 aliphatic heterocycles. The Hall–Kier alpha value is -2.17. The fourth-order valence-corrected chi connectivity index (χ4v) is 1.21. The molecule has 0 fully saturated rings. The van der Waals surface area contributed by atoms with Crippen molar-refractivity contribution in [2.75, 3.05) is 0 Å². The molecule has 0 amide bonds. The number of carboxylic acids is 1. The Kier molecular flexibility index (Phi) is 2.21. The van der Waals surface area contributed by atoms with Crippen LogP contribution in [0.15, 0.2) is 30.6 Å². The zero-order valence-corrected chi connectivity index (χ0v) is 8.08. The second kappa shape index (κ2) is 3.53. The van der Waals surface area contributed by atoms with Gasteiger partial charge in [0.05, 0.1) is 6.20 Å². The lowest BCUT2D eigenvalue weighted by Crippen LogP contribution is -2.04. The number of aromatic nitrogens is 3. The molecule has 0 unspecified atom stereocenters. The van der Waals surface area contributed by atoms with Gasteiger partial charge in [0.2, 0.25) is 0 Å². The van der Waals surface area contributed by atoms with Crippen LogP contribution in [0, 0.1) is 6.92 Å². The third kappa shape index (κ3) is 1.85. The molecule has 0 aliphatic rings. The number of pyridine rings is 1. The monoisotopic (exact) mass is 203 g/mol. The van der Waals surface area contributed by atoms with Gasteiger partial charge in [0.25, 0.3) is 0 Å². The maximum Gasteiger partial charge on any atom is 0.354 e. The van der Waals surface area contributed by atoms with Gasteiger partial charge in [0.1, 0.15) is 0 Å². The molecule has 0 bridgehead atoms. The van der Waals surface area contributed by atoms with Gasteiger partial charge < -0.3 is 5.11 Å². The Morgan fingerprint density at radius 3 is 2.87 bits per heavy atom. The zero-order valence-electron chi connectivity index (χ0n) is 8.08. The first-order chi connectivity index (χ1) is 7.16. The second-order valence-electron chi connectivity index (χ2n) is 3.15. The van der Waals surface area contributed by atoms with Gasteiger partial charge in [-0.05, 0) is 24.6 Å². The van der Waals surface area contributed by atoms with Gasteiger partial charge in [0.15, 0.2) is 11.5 Å². The third-order valence-electron chi connectivity index (χ3n) is 1.90. The Bertz CT molecular complexity index is 505. The zero-order chi connectivity index (χ0) is 10.8. The van der Waals surface area contributed by atoms with Gasteiger partial charge in [-0.2, -0.15) is 5.10 Å². The largest absolute Gasteiger partial charge is 0.477 e. The molecule has 2 rings (SSSR count). The molecule has 0 saturated heterocycles. The fourth-order valence-electron chi connectivity index (χ4n) is 1.21. The molecule has 0 aromatic carbocycles. The maximum absolute atomic E-state index is 10.7. The van der Waals surface area contributed by atoms with Crippen molar-refractivity contribution >= 4 is 5.97 Å². The Morgan fingerprint density at radius 2 is 2.27 bits per heavy atom. The molecule has 2 aromatic rings. The van der Waals surface area contributed by atoms with Crippen LogP contribution in [0.4, 0.5) is 0 Å². The highest BCUT2D eigenvalue weighted by Gasteiger charge is 2.06. The van der Waals surface area contributed by atoms with E-state index in [1.165, 1.54) is 6.07 Å². The average Bonchev–Trinajstić information content (AvgIpc) is 2.65. The predicted octanol–water partition coefficient (Wildman–Crippen LogP) is 1.27. The molecule has 5 nitrogen and oxygen atoms in total. The predicted molar refractivity (Wildman–Crippen MR) is 53.1 cm³/mol. The van der Waals surface area contributed by atoms with E-state index in [0.717, 1.165) is 5.56 Å². The standard InChI is InChI=1S/C10H9N3O2/c1-7-5-11-13(6-7)9-4-2-3-8(12-9)10(14)15/h2-6H,1H3,(H,14,15). The van der Waals surface area contributed by atoms with Gasteiger partial charge in [-0.25, -0.2) is 14.5 Å². The highest BCUT2D eigenvalue weighted by Crippen LogP contribution is 2.06. The average molecular weight is 203 g/mol. The molecule has 0 aliphatic carbocycles. The first-order valence-corrected chi connectivity index (χ1v) is 4.39. The summed E-state index contributed by atoms with van der Waals surface area (Å²) >= 11 is 0. The molecule has 0 saturated carbocycles. The van der Waals surface area contributed by atoms with Crippen LogP contribution < -0.4 is 0 Å². The summed E-state index contributed by atoms with van der Waals surface area (Å²) in [5.41, 5.74) is 1.01. The van der Waals surface area contributed by atoms with Crippen LogP contribution in [0.5, 0.6) is 0 Å². The second-order valence-corrected chi connectivity index (χ2v) is 3.15. The van der Waals surface area contributed by atoms with Crippen molar-refractivity contribution in [1.82, 2.24) is 14.8 Å². The van der Waals surface area contributed by atoms with E-state index in [9.17, 15) is 4.79 Å². The smallest absolute Gasteiger partial charge is 0.354 e. The van der Waals surface area contributed by atoms with Crippen LogP contribution in [0.2, 0.25) is 0 Å². The topological polar surface area (TPSA) is 68.0 Å². The van der Waals surface area contributed by atoms with Crippen LogP contribution in [0.25, 0.3) is 5.82 Å². The number of rotatable bonds is 2. The number of nitrogens with zero attached hydrogens (tertiary/aromatic N) is 3. The Morgan fingerprint density at radius 1 is 1.47 bits per heavy atom. The van der Waals surface area contributed by atoms with Crippen molar-refractivity contribution in [2.45, 2.75) is 6.92 Å². The van der Waals surface area contributed by atoms with Gasteiger partial charge in [-0.1, -0.05) is 6.07 Å². The molecule has 2 aromatic heterocycles. The first kappa shape index (κ1) is 9.39. The lowest BCUT2D eigenvalue weighted by atomic mass is 10.3. The molecule has 0 spiro atoms. The summed E-state index contributed by atoms with van der Waals surface area (Å²) in [6.45, 7) is 1.91. The van der Waals surface area contributed by atoms with Gasteiger partial charge in [-0.3, -0.25) is 0 Å². The maximum atomic E-state index is 10.7. The van der Waals surface area contributed by atoms with Crippen molar-refractivity contribution in [3.8, 4) is 5.82 Å². The molecular formula is C10H9N3O2. The lowest BCUT2D eigenvalue weighted by Gasteiger charge is -2.00. The van der Waals surface area contributed by atoms with E-state index >= 15 is 0 Å². The number of hydrogen-bond donors (Lipinski definition) is 1. The highest BCUT2D eigenvalue weighted by atomic mass is 16.4. The van der Waals surface area contributed by atoms with Crippen molar-refractivity contribution < 1.29 is 9.90 Å². The third-order valence-corrected chi connectivity index (χ3v) is 1.90. The fraction of sp³-hybridized carbons (Fsp3) is 0.100.